The van der Waals surface area contributed by atoms with E-state index < -0.39 is 11.6 Å². The molecule has 1 saturated heterocycles. The predicted molar refractivity (Wildman–Crippen MR) is 68.1 cm³/mol. The lowest BCUT2D eigenvalue weighted by molar-refractivity contribution is 0.0935. The molecule has 1 unspecified atom stereocenters. The van der Waals surface area contributed by atoms with Crippen LogP contribution in [-0.2, 0) is 0 Å². The first-order valence-corrected chi connectivity index (χ1v) is 6.75. The standard InChI is InChI=1S/C15H17F2NO/c1-9-2-3-10(13(17)12(9)16)14(19)11-8-15(11)4-6-18-7-5-15/h2-3,11,18H,4-8H2,1H3. The van der Waals surface area contributed by atoms with Crippen molar-refractivity contribution in [3.8, 4) is 0 Å². The molecule has 3 rings (SSSR count). The first-order chi connectivity index (χ1) is 9.05. The molecule has 4 heteroatoms. The van der Waals surface area contributed by atoms with E-state index in [9.17, 15) is 13.6 Å². The lowest BCUT2D eigenvalue weighted by Crippen LogP contribution is -2.30. The zero-order chi connectivity index (χ0) is 13.6. The Morgan fingerprint density at radius 2 is 1.95 bits per heavy atom. The van der Waals surface area contributed by atoms with Gasteiger partial charge in [-0.15, -0.1) is 0 Å². The van der Waals surface area contributed by atoms with Crippen molar-refractivity contribution in [1.82, 2.24) is 5.32 Å². The van der Waals surface area contributed by atoms with Crippen molar-refractivity contribution in [3.63, 3.8) is 0 Å². The normalized spacial score (nSPS) is 24.5. The molecule has 1 aliphatic heterocycles. The van der Waals surface area contributed by atoms with Crippen LogP contribution in [0.15, 0.2) is 12.1 Å². The van der Waals surface area contributed by atoms with Gasteiger partial charge in [0.05, 0.1) is 5.56 Å². The van der Waals surface area contributed by atoms with Gasteiger partial charge in [0.15, 0.2) is 17.4 Å². The predicted octanol–water partition coefficient (Wildman–Crippen LogP) is 2.85. The van der Waals surface area contributed by atoms with Crippen molar-refractivity contribution in [1.29, 1.82) is 0 Å². The molecule has 1 aliphatic carbocycles. The summed E-state index contributed by atoms with van der Waals surface area (Å²) in [6, 6.07) is 2.90. The summed E-state index contributed by atoms with van der Waals surface area (Å²) in [5.74, 6) is -2.23. The fraction of sp³-hybridized carbons (Fsp3) is 0.533. The second kappa shape index (κ2) is 4.37. The van der Waals surface area contributed by atoms with Crippen LogP contribution in [0.4, 0.5) is 8.78 Å². The van der Waals surface area contributed by atoms with Crippen molar-refractivity contribution in [2.24, 2.45) is 11.3 Å². The summed E-state index contributed by atoms with van der Waals surface area (Å²) in [7, 11) is 0. The largest absolute Gasteiger partial charge is 0.317 e. The van der Waals surface area contributed by atoms with Gasteiger partial charge >= 0.3 is 0 Å². The SMILES string of the molecule is Cc1ccc(C(=O)C2CC23CCNCC3)c(F)c1F. The number of halogens is 2. The molecule has 0 aromatic heterocycles. The maximum absolute atomic E-state index is 13.8. The monoisotopic (exact) mass is 265 g/mol. The quantitative estimate of drug-likeness (QED) is 0.833. The van der Waals surface area contributed by atoms with Gasteiger partial charge in [-0.05, 0) is 56.3 Å². The van der Waals surface area contributed by atoms with Crippen LogP contribution in [0.25, 0.3) is 0 Å². The van der Waals surface area contributed by atoms with E-state index in [1.165, 1.54) is 19.1 Å². The van der Waals surface area contributed by atoms with E-state index in [0.29, 0.717) is 0 Å². The van der Waals surface area contributed by atoms with E-state index in [-0.39, 0.29) is 28.2 Å². The van der Waals surface area contributed by atoms with E-state index in [4.69, 9.17) is 0 Å². The molecular weight excluding hydrogens is 248 g/mol. The molecule has 1 saturated carbocycles. The highest BCUT2D eigenvalue weighted by Gasteiger charge is 2.57. The van der Waals surface area contributed by atoms with Crippen molar-refractivity contribution >= 4 is 5.78 Å². The van der Waals surface area contributed by atoms with E-state index in [1.807, 2.05) is 0 Å². The highest BCUT2D eigenvalue weighted by molar-refractivity contribution is 6.00. The average Bonchev–Trinajstić information content (AvgIpc) is 3.10. The van der Waals surface area contributed by atoms with Crippen LogP contribution in [0.1, 0.15) is 35.2 Å². The molecule has 1 N–H and O–H groups in total. The molecule has 102 valence electrons. The molecule has 19 heavy (non-hydrogen) atoms. The summed E-state index contributed by atoms with van der Waals surface area (Å²) < 4.78 is 27.4. The minimum atomic E-state index is -0.985. The zero-order valence-corrected chi connectivity index (χ0v) is 10.9. The van der Waals surface area contributed by atoms with Gasteiger partial charge in [0.1, 0.15) is 0 Å². The molecule has 2 nitrogen and oxygen atoms in total. The lowest BCUT2D eigenvalue weighted by Gasteiger charge is -2.23. The molecule has 1 atom stereocenters. The van der Waals surface area contributed by atoms with Gasteiger partial charge in [-0.25, -0.2) is 8.78 Å². The van der Waals surface area contributed by atoms with Gasteiger partial charge in [-0.3, -0.25) is 4.79 Å². The number of rotatable bonds is 2. The number of hydrogen-bond donors (Lipinski definition) is 1. The topological polar surface area (TPSA) is 29.1 Å². The van der Waals surface area contributed by atoms with E-state index in [1.54, 1.807) is 0 Å². The molecule has 2 fully saturated rings. The number of ketones is 1. The van der Waals surface area contributed by atoms with Crippen LogP contribution in [0, 0.1) is 29.9 Å². The number of Topliss-reactive ketones (excluding diaryl/α,β-unsaturated/α-hetero) is 1. The molecule has 0 radical (unpaired) electrons. The Hall–Kier alpha value is -1.29. The Kier molecular flexibility index (Phi) is 2.93. The number of nitrogens with one attached hydrogen (secondary N) is 1. The molecule has 0 amide bonds. The minimum Gasteiger partial charge on any atom is -0.317 e. The Balaban J connectivity index is 1.84. The zero-order valence-electron chi connectivity index (χ0n) is 10.9. The van der Waals surface area contributed by atoms with Gasteiger partial charge in [0.2, 0.25) is 0 Å². The Bertz CT molecular complexity index is 535. The van der Waals surface area contributed by atoms with Crippen LogP contribution >= 0.6 is 0 Å². The highest BCUT2D eigenvalue weighted by atomic mass is 19.2. The van der Waals surface area contributed by atoms with Crippen LogP contribution in [0.2, 0.25) is 0 Å². The third kappa shape index (κ3) is 1.98. The Morgan fingerprint density at radius 3 is 2.63 bits per heavy atom. The van der Waals surface area contributed by atoms with Gasteiger partial charge in [0.25, 0.3) is 0 Å². The molecule has 1 aromatic carbocycles. The molecular formula is C15H17F2NO. The van der Waals surface area contributed by atoms with Crippen molar-refractivity contribution < 1.29 is 13.6 Å². The summed E-state index contributed by atoms with van der Waals surface area (Å²) in [4.78, 5) is 12.3. The summed E-state index contributed by atoms with van der Waals surface area (Å²) in [5, 5.41) is 3.26. The number of aryl methyl sites for hydroxylation is 1. The van der Waals surface area contributed by atoms with Crippen molar-refractivity contribution in [2.75, 3.05) is 13.1 Å². The van der Waals surface area contributed by atoms with Crippen molar-refractivity contribution in [3.05, 3.63) is 34.9 Å². The van der Waals surface area contributed by atoms with Crippen LogP contribution in [-0.4, -0.2) is 18.9 Å². The van der Waals surface area contributed by atoms with E-state index in [2.05, 4.69) is 5.32 Å². The number of carbonyl (C=O) groups excluding carboxylic acids is 1. The fourth-order valence-electron chi connectivity index (χ4n) is 3.22. The third-order valence-corrected chi connectivity index (χ3v) is 4.65. The fourth-order valence-corrected chi connectivity index (χ4v) is 3.22. The first kappa shape index (κ1) is 12.7. The Labute approximate surface area is 111 Å². The minimum absolute atomic E-state index is 0.0517. The van der Waals surface area contributed by atoms with E-state index in [0.717, 1.165) is 32.4 Å². The maximum Gasteiger partial charge on any atom is 0.169 e. The maximum atomic E-state index is 13.8. The summed E-state index contributed by atoms with van der Waals surface area (Å²) in [6.45, 7) is 3.32. The van der Waals surface area contributed by atoms with Crippen molar-refractivity contribution in [2.45, 2.75) is 26.2 Å². The van der Waals surface area contributed by atoms with Gasteiger partial charge in [-0.2, -0.15) is 0 Å². The summed E-state index contributed by atoms with van der Waals surface area (Å²) in [6.07, 6.45) is 2.74. The van der Waals surface area contributed by atoms with Gasteiger partial charge in [-0.1, -0.05) is 6.07 Å². The van der Waals surface area contributed by atoms with Crippen LogP contribution in [0.3, 0.4) is 0 Å². The average molecular weight is 265 g/mol. The molecule has 1 heterocycles. The molecule has 1 spiro atoms. The number of benzene rings is 1. The third-order valence-electron chi connectivity index (χ3n) is 4.65. The number of carbonyl (C=O) groups is 1. The van der Waals surface area contributed by atoms with E-state index >= 15 is 0 Å². The number of hydrogen-bond acceptors (Lipinski definition) is 2. The molecule has 0 bridgehead atoms. The smallest absolute Gasteiger partial charge is 0.169 e. The van der Waals surface area contributed by atoms with Crippen LogP contribution in [0.5, 0.6) is 0 Å². The lowest BCUT2D eigenvalue weighted by atomic mass is 9.89. The molecule has 1 aromatic rings. The second-order valence-electron chi connectivity index (χ2n) is 5.79. The second-order valence-corrected chi connectivity index (χ2v) is 5.79. The van der Waals surface area contributed by atoms with Gasteiger partial charge in [0, 0.05) is 5.92 Å². The highest BCUT2D eigenvalue weighted by Crippen LogP contribution is 2.59. The summed E-state index contributed by atoms with van der Waals surface area (Å²) >= 11 is 0. The molecule has 2 aliphatic rings. The summed E-state index contributed by atoms with van der Waals surface area (Å²) in [5.41, 5.74) is 0.209. The first-order valence-electron chi connectivity index (χ1n) is 6.75. The number of piperidine rings is 1. The van der Waals surface area contributed by atoms with Gasteiger partial charge < -0.3 is 5.32 Å². The Morgan fingerprint density at radius 1 is 1.26 bits per heavy atom. The van der Waals surface area contributed by atoms with Crippen LogP contribution < -0.4 is 5.32 Å².